The van der Waals surface area contributed by atoms with Gasteiger partial charge in [-0.1, -0.05) is 13.8 Å². The van der Waals surface area contributed by atoms with E-state index in [1.807, 2.05) is 13.8 Å². The second kappa shape index (κ2) is 4.62. The fraction of sp³-hybridized carbons (Fsp3) is 0.364. The number of esters is 1. The Labute approximate surface area is 92.7 Å². The summed E-state index contributed by atoms with van der Waals surface area (Å²) < 4.78 is 4.53. The third kappa shape index (κ3) is 2.11. The number of hydrogen-bond acceptors (Lipinski definition) is 4. The third-order valence-electron chi connectivity index (χ3n) is 2.19. The number of H-pyrrole nitrogens is 1. The van der Waals surface area contributed by atoms with Gasteiger partial charge in [-0.3, -0.25) is 4.79 Å². The first-order valence-electron chi connectivity index (χ1n) is 4.76. The number of nitriles is 1. The van der Waals surface area contributed by atoms with Crippen molar-refractivity contribution in [1.82, 2.24) is 4.98 Å². The first-order valence-corrected chi connectivity index (χ1v) is 4.76. The number of hydrogen-bond donors (Lipinski definition) is 1. The zero-order valence-electron chi connectivity index (χ0n) is 9.33. The van der Waals surface area contributed by atoms with E-state index in [0.29, 0.717) is 5.69 Å². The second-order valence-corrected chi connectivity index (χ2v) is 3.60. The van der Waals surface area contributed by atoms with Crippen LogP contribution in [0.25, 0.3) is 0 Å². The second-order valence-electron chi connectivity index (χ2n) is 3.60. The molecule has 0 aliphatic heterocycles. The van der Waals surface area contributed by atoms with Crippen LogP contribution in [-0.2, 0) is 4.74 Å². The number of rotatable bonds is 2. The average Bonchev–Trinajstić information content (AvgIpc) is 2.26. The van der Waals surface area contributed by atoms with Crippen LogP contribution in [-0.4, -0.2) is 18.1 Å². The smallest absolute Gasteiger partial charge is 0.339 e. The van der Waals surface area contributed by atoms with Gasteiger partial charge in [-0.05, 0) is 12.0 Å². The Kier molecular flexibility index (Phi) is 3.46. The predicted molar refractivity (Wildman–Crippen MR) is 57.2 cm³/mol. The lowest BCUT2D eigenvalue weighted by atomic mass is 10.0. The van der Waals surface area contributed by atoms with Crippen LogP contribution < -0.4 is 5.56 Å². The van der Waals surface area contributed by atoms with Crippen LogP contribution in [0.5, 0.6) is 0 Å². The molecule has 0 saturated carbocycles. The number of nitrogens with zero attached hydrogens (tertiary/aromatic N) is 1. The highest BCUT2D eigenvalue weighted by atomic mass is 16.5. The highest BCUT2D eigenvalue weighted by Crippen LogP contribution is 2.14. The van der Waals surface area contributed by atoms with Gasteiger partial charge in [-0.2, -0.15) is 5.26 Å². The van der Waals surface area contributed by atoms with Gasteiger partial charge in [0.15, 0.2) is 0 Å². The number of pyridine rings is 1. The lowest BCUT2D eigenvalue weighted by Crippen LogP contribution is -2.19. The minimum Gasteiger partial charge on any atom is -0.465 e. The molecule has 0 aliphatic rings. The molecule has 0 spiro atoms. The van der Waals surface area contributed by atoms with Crippen molar-refractivity contribution in [2.24, 2.45) is 0 Å². The van der Waals surface area contributed by atoms with Gasteiger partial charge >= 0.3 is 5.97 Å². The summed E-state index contributed by atoms with van der Waals surface area (Å²) in [6.45, 7) is 3.75. The average molecular weight is 220 g/mol. The van der Waals surface area contributed by atoms with Gasteiger partial charge in [0.2, 0.25) is 0 Å². The van der Waals surface area contributed by atoms with E-state index < -0.39 is 11.5 Å². The fourth-order valence-electron chi connectivity index (χ4n) is 1.27. The Morgan fingerprint density at radius 3 is 2.62 bits per heavy atom. The van der Waals surface area contributed by atoms with Crippen LogP contribution in [0.1, 0.15) is 41.4 Å². The standard InChI is InChI=1S/C11H12N2O3/c1-6(2)9-4-7(11(15)16-3)8(5-12)10(14)13-9/h4,6H,1-3H3,(H,13,14). The number of carbonyl (C=O) groups excluding carboxylic acids is 1. The Hall–Kier alpha value is -2.09. The number of aromatic nitrogens is 1. The van der Waals surface area contributed by atoms with Crippen molar-refractivity contribution in [2.75, 3.05) is 7.11 Å². The van der Waals surface area contributed by atoms with Crippen LogP contribution in [0.2, 0.25) is 0 Å². The molecule has 16 heavy (non-hydrogen) atoms. The highest BCUT2D eigenvalue weighted by Gasteiger charge is 2.17. The lowest BCUT2D eigenvalue weighted by molar-refractivity contribution is 0.0600. The molecule has 1 aromatic rings. The van der Waals surface area contributed by atoms with Crippen molar-refractivity contribution < 1.29 is 9.53 Å². The van der Waals surface area contributed by atoms with Gasteiger partial charge in [0.25, 0.3) is 5.56 Å². The van der Waals surface area contributed by atoms with E-state index in [1.165, 1.54) is 13.2 Å². The molecule has 0 fully saturated rings. The molecule has 1 N–H and O–H groups in total. The molecule has 0 aromatic carbocycles. The molecule has 0 saturated heterocycles. The molecule has 0 atom stereocenters. The molecule has 1 rings (SSSR count). The Morgan fingerprint density at radius 2 is 2.19 bits per heavy atom. The van der Waals surface area contributed by atoms with Gasteiger partial charge in [-0.15, -0.1) is 0 Å². The minimum absolute atomic E-state index is 0.0115. The zero-order valence-corrected chi connectivity index (χ0v) is 9.33. The number of carbonyl (C=O) groups is 1. The van der Waals surface area contributed by atoms with E-state index in [2.05, 4.69) is 9.72 Å². The van der Waals surface area contributed by atoms with Crippen LogP contribution in [0.4, 0.5) is 0 Å². The normalized spacial score (nSPS) is 9.94. The van der Waals surface area contributed by atoms with Crippen LogP contribution in [0, 0.1) is 11.3 Å². The first kappa shape index (κ1) is 12.0. The van der Waals surface area contributed by atoms with Crippen molar-refractivity contribution in [3.63, 3.8) is 0 Å². The fourth-order valence-corrected chi connectivity index (χ4v) is 1.27. The maximum atomic E-state index is 11.5. The molecule has 0 unspecified atom stereocenters. The summed E-state index contributed by atoms with van der Waals surface area (Å²) in [6, 6.07) is 3.18. The van der Waals surface area contributed by atoms with Crippen molar-refractivity contribution in [3.8, 4) is 6.07 Å². The van der Waals surface area contributed by atoms with Crippen molar-refractivity contribution >= 4 is 5.97 Å². The van der Waals surface area contributed by atoms with Crippen molar-refractivity contribution in [3.05, 3.63) is 33.2 Å². The largest absolute Gasteiger partial charge is 0.465 e. The summed E-state index contributed by atoms with van der Waals surface area (Å²) in [6.07, 6.45) is 0. The van der Waals surface area contributed by atoms with Crippen LogP contribution >= 0.6 is 0 Å². The molecule has 1 aromatic heterocycles. The summed E-state index contributed by atoms with van der Waals surface area (Å²) >= 11 is 0. The summed E-state index contributed by atoms with van der Waals surface area (Å²) in [5, 5.41) is 8.80. The van der Waals surface area contributed by atoms with Crippen LogP contribution in [0.3, 0.4) is 0 Å². The maximum Gasteiger partial charge on any atom is 0.339 e. The zero-order chi connectivity index (χ0) is 12.3. The molecule has 5 nitrogen and oxygen atoms in total. The van der Waals surface area contributed by atoms with Gasteiger partial charge < -0.3 is 9.72 Å². The summed E-state index contributed by atoms with van der Waals surface area (Å²) in [7, 11) is 1.21. The SMILES string of the molecule is COC(=O)c1cc(C(C)C)[nH]c(=O)c1C#N. The maximum absolute atomic E-state index is 11.5. The van der Waals surface area contributed by atoms with Crippen molar-refractivity contribution in [1.29, 1.82) is 5.26 Å². The number of methoxy groups -OCH3 is 1. The van der Waals surface area contributed by atoms with E-state index in [4.69, 9.17) is 5.26 Å². The quantitative estimate of drug-likeness (QED) is 0.758. The van der Waals surface area contributed by atoms with E-state index in [0.717, 1.165) is 0 Å². The van der Waals surface area contributed by atoms with E-state index in [-0.39, 0.29) is 17.0 Å². The van der Waals surface area contributed by atoms with Crippen molar-refractivity contribution in [2.45, 2.75) is 19.8 Å². The summed E-state index contributed by atoms with van der Waals surface area (Å²) in [5.41, 5.74) is -0.160. The first-order chi connectivity index (χ1) is 7.51. The van der Waals surface area contributed by atoms with Gasteiger partial charge in [-0.25, -0.2) is 4.79 Å². The van der Waals surface area contributed by atoms with Gasteiger partial charge in [0.1, 0.15) is 11.6 Å². The lowest BCUT2D eigenvalue weighted by Gasteiger charge is -2.08. The molecular weight excluding hydrogens is 208 g/mol. The number of aromatic amines is 1. The highest BCUT2D eigenvalue weighted by molar-refractivity contribution is 5.92. The number of ether oxygens (including phenoxy) is 1. The molecule has 0 aliphatic carbocycles. The minimum atomic E-state index is -0.676. The molecule has 1 heterocycles. The Balaban J connectivity index is 3.51. The van der Waals surface area contributed by atoms with E-state index >= 15 is 0 Å². The van der Waals surface area contributed by atoms with E-state index in [9.17, 15) is 9.59 Å². The van der Waals surface area contributed by atoms with E-state index in [1.54, 1.807) is 6.07 Å². The molecule has 84 valence electrons. The number of nitrogens with one attached hydrogen (secondary N) is 1. The molecule has 0 amide bonds. The van der Waals surface area contributed by atoms with Gasteiger partial charge in [0, 0.05) is 5.69 Å². The van der Waals surface area contributed by atoms with Gasteiger partial charge in [0.05, 0.1) is 12.7 Å². The molecule has 5 heteroatoms. The summed E-state index contributed by atoms with van der Waals surface area (Å²) in [5.74, 6) is -0.617. The predicted octanol–water partition coefficient (Wildman–Crippen LogP) is 1.16. The topological polar surface area (TPSA) is 83.0 Å². The molecule has 0 radical (unpaired) electrons. The third-order valence-corrected chi connectivity index (χ3v) is 2.19. The van der Waals surface area contributed by atoms with Crippen LogP contribution in [0.15, 0.2) is 10.9 Å². The Morgan fingerprint density at radius 1 is 1.56 bits per heavy atom. The molecular formula is C11H12N2O3. The Bertz CT molecular complexity index is 509. The summed E-state index contributed by atoms with van der Waals surface area (Å²) in [4.78, 5) is 25.5. The molecule has 0 bridgehead atoms. The monoisotopic (exact) mass is 220 g/mol.